The Kier molecular flexibility index (Phi) is 4.18. The first-order valence-electron chi connectivity index (χ1n) is 5.97. The molecule has 0 aliphatic carbocycles. The second-order valence-electron chi connectivity index (χ2n) is 4.14. The molecule has 0 bridgehead atoms. The van der Waals surface area contributed by atoms with Crippen LogP contribution < -0.4 is 5.32 Å². The van der Waals surface area contributed by atoms with Gasteiger partial charge in [0.1, 0.15) is 17.8 Å². The van der Waals surface area contributed by atoms with Gasteiger partial charge >= 0.3 is 0 Å². The molecule has 4 nitrogen and oxygen atoms in total. The molecule has 0 atom stereocenters. The largest absolute Gasteiger partial charge is 0.350 e. The zero-order valence-electron chi connectivity index (χ0n) is 10.6. The average molecular weight is 259 g/mol. The van der Waals surface area contributed by atoms with Gasteiger partial charge in [-0.3, -0.25) is 4.79 Å². The van der Waals surface area contributed by atoms with E-state index in [1.165, 1.54) is 12.4 Å². The van der Waals surface area contributed by atoms with Gasteiger partial charge in [0.2, 0.25) is 0 Å². The van der Waals surface area contributed by atoms with Gasteiger partial charge in [-0.05, 0) is 31.0 Å². The maximum atomic E-state index is 13.4. The molecule has 1 aromatic carbocycles. The number of halogens is 1. The summed E-state index contributed by atoms with van der Waals surface area (Å²) in [5, 5.41) is 2.71. The van der Waals surface area contributed by atoms with Crippen molar-refractivity contribution in [2.24, 2.45) is 0 Å². The fraction of sp³-hybridized carbons (Fsp3) is 0.214. The molecule has 1 heterocycles. The van der Waals surface area contributed by atoms with Crippen molar-refractivity contribution in [1.29, 1.82) is 0 Å². The highest BCUT2D eigenvalue weighted by atomic mass is 19.1. The molecule has 2 rings (SSSR count). The van der Waals surface area contributed by atoms with E-state index in [0.29, 0.717) is 24.2 Å². The lowest BCUT2D eigenvalue weighted by Gasteiger charge is -2.05. The van der Waals surface area contributed by atoms with Crippen molar-refractivity contribution in [3.63, 3.8) is 0 Å². The van der Waals surface area contributed by atoms with E-state index in [-0.39, 0.29) is 11.7 Å². The number of carbonyl (C=O) groups is 1. The Balaban J connectivity index is 1.90. The number of nitrogens with one attached hydrogen (secondary N) is 1. The molecular weight excluding hydrogens is 245 g/mol. The number of aromatic nitrogens is 2. The maximum absolute atomic E-state index is 13.4. The molecular formula is C14H14FN3O. The van der Waals surface area contributed by atoms with Gasteiger partial charge in [-0.2, -0.15) is 0 Å². The summed E-state index contributed by atoms with van der Waals surface area (Å²) >= 11 is 0. The minimum Gasteiger partial charge on any atom is -0.350 e. The van der Waals surface area contributed by atoms with Crippen molar-refractivity contribution in [2.45, 2.75) is 13.3 Å². The van der Waals surface area contributed by atoms with Crippen LogP contribution in [0.4, 0.5) is 4.39 Å². The highest BCUT2D eigenvalue weighted by molar-refractivity contribution is 5.92. The van der Waals surface area contributed by atoms with Crippen LogP contribution in [-0.4, -0.2) is 22.4 Å². The van der Waals surface area contributed by atoms with Crippen LogP contribution in [-0.2, 0) is 6.42 Å². The highest BCUT2D eigenvalue weighted by Crippen LogP contribution is 2.06. The van der Waals surface area contributed by atoms with Crippen molar-refractivity contribution >= 4 is 5.91 Å². The van der Waals surface area contributed by atoms with Crippen LogP contribution in [0.15, 0.2) is 36.7 Å². The van der Waals surface area contributed by atoms with Gasteiger partial charge in [0, 0.05) is 12.2 Å². The smallest absolute Gasteiger partial charge is 0.270 e. The van der Waals surface area contributed by atoms with Gasteiger partial charge in [-0.1, -0.05) is 18.2 Å². The average Bonchev–Trinajstić information content (AvgIpc) is 2.41. The van der Waals surface area contributed by atoms with Crippen molar-refractivity contribution in [3.8, 4) is 0 Å². The quantitative estimate of drug-likeness (QED) is 0.912. The number of aryl methyl sites for hydroxylation is 1. The minimum atomic E-state index is -0.276. The lowest BCUT2D eigenvalue weighted by molar-refractivity contribution is 0.0948. The van der Waals surface area contributed by atoms with Crippen LogP contribution >= 0.6 is 0 Å². The molecule has 2 aromatic rings. The monoisotopic (exact) mass is 259 g/mol. The van der Waals surface area contributed by atoms with Crippen LogP contribution in [0.2, 0.25) is 0 Å². The zero-order chi connectivity index (χ0) is 13.7. The van der Waals surface area contributed by atoms with Gasteiger partial charge in [-0.25, -0.2) is 14.4 Å². The van der Waals surface area contributed by atoms with E-state index < -0.39 is 0 Å². The molecule has 0 saturated carbocycles. The second-order valence-corrected chi connectivity index (χ2v) is 4.14. The second kappa shape index (κ2) is 6.04. The van der Waals surface area contributed by atoms with Crippen molar-refractivity contribution in [2.75, 3.05) is 6.54 Å². The standard InChI is InChI=1S/C14H14FN3O/c1-10-8-13(18-9-17-10)14(19)16-7-6-11-4-2-3-5-12(11)15/h2-5,8-9H,6-7H2,1H3,(H,16,19). The normalized spacial score (nSPS) is 10.2. The molecule has 19 heavy (non-hydrogen) atoms. The summed E-state index contributed by atoms with van der Waals surface area (Å²) in [5.74, 6) is -0.531. The first-order chi connectivity index (χ1) is 9.16. The molecule has 5 heteroatoms. The zero-order valence-corrected chi connectivity index (χ0v) is 10.6. The summed E-state index contributed by atoms with van der Waals surface area (Å²) in [4.78, 5) is 19.6. The number of amides is 1. The summed E-state index contributed by atoms with van der Waals surface area (Å²) < 4.78 is 13.4. The third kappa shape index (κ3) is 3.58. The van der Waals surface area contributed by atoms with E-state index in [9.17, 15) is 9.18 Å². The molecule has 98 valence electrons. The van der Waals surface area contributed by atoms with Gasteiger partial charge in [0.05, 0.1) is 0 Å². The van der Waals surface area contributed by atoms with Crippen LogP contribution in [0, 0.1) is 12.7 Å². The number of rotatable bonds is 4. The number of benzene rings is 1. The first-order valence-corrected chi connectivity index (χ1v) is 5.97. The van der Waals surface area contributed by atoms with Crippen LogP contribution in [0.3, 0.4) is 0 Å². The number of carbonyl (C=O) groups excluding carboxylic acids is 1. The Morgan fingerprint density at radius 2 is 2.11 bits per heavy atom. The Labute approximate surface area is 110 Å². The van der Waals surface area contributed by atoms with E-state index in [4.69, 9.17) is 0 Å². The molecule has 0 aliphatic heterocycles. The maximum Gasteiger partial charge on any atom is 0.270 e. The number of hydrogen-bond donors (Lipinski definition) is 1. The summed E-state index contributed by atoms with van der Waals surface area (Å²) in [6.45, 7) is 2.15. The SMILES string of the molecule is Cc1cc(C(=O)NCCc2ccccc2F)ncn1. The molecule has 0 saturated heterocycles. The summed E-state index contributed by atoms with van der Waals surface area (Å²) in [5.41, 5.74) is 1.64. The Morgan fingerprint density at radius 3 is 2.84 bits per heavy atom. The minimum absolute atomic E-state index is 0.255. The van der Waals surface area contributed by atoms with Crippen LogP contribution in [0.5, 0.6) is 0 Å². The van der Waals surface area contributed by atoms with Crippen LogP contribution in [0.25, 0.3) is 0 Å². The van der Waals surface area contributed by atoms with Gasteiger partial charge in [0.25, 0.3) is 5.91 Å². The molecule has 1 amide bonds. The van der Waals surface area contributed by atoms with Crippen LogP contribution in [0.1, 0.15) is 21.7 Å². The number of hydrogen-bond acceptors (Lipinski definition) is 3. The van der Waals surface area contributed by atoms with Crippen molar-refractivity contribution in [1.82, 2.24) is 15.3 Å². The van der Waals surface area contributed by atoms with Crippen molar-refractivity contribution < 1.29 is 9.18 Å². The molecule has 0 fully saturated rings. The summed E-state index contributed by atoms with van der Waals surface area (Å²) in [6, 6.07) is 8.13. The predicted octanol–water partition coefficient (Wildman–Crippen LogP) is 1.90. The molecule has 0 unspecified atom stereocenters. The molecule has 0 aliphatic rings. The fourth-order valence-electron chi connectivity index (χ4n) is 1.68. The predicted molar refractivity (Wildman–Crippen MR) is 69.2 cm³/mol. The first kappa shape index (κ1) is 13.1. The van der Waals surface area contributed by atoms with E-state index in [1.807, 2.05) is 0 Å². The highest BCUT2D eigenvalue weighted by Gasteiger charge is 2.07. The fourth-order valence-corrected chi connectivity index (χ4v) is 1.68. The molecule has 1 aromatic heterocycles. The summed E-state index contributed by atoms with van der Waals surface area (Å²) in [7, 11) is 0. The third-order valence-electron chi connectivity index (χ3n) is 2.67. The molecule has 0 radical (unpaired) electrons. The van der Waals surface area contributed by atoms with E-state index in [2.05, 4.69) is 15.3 Å². The van der Waals surface area contributed by atoms with Gasteiger partial charge in [0.15, 0.2) is 0 Å². The third-order valence-corrected chi connectivity index (χ3v) is 2.67. The Bertz CT molecular complexity index is 586. The Morgan fingerprint density at radius 1 is 1.32 bits per heavy atom. The van der Waals surface area contributed by atoms with Crippen molar-refractivity contribution in [3.05, 3.63) is 59.4 Å². The molecule has 0 spiro atoms. The topological polar surface area (TPSA) is 54.9 Å². The van der Waals surface area contributed by atoms with E-state index >= 15 is 0 Å². The van der Waals surface area contributed by atoms with E-state index in [0.717, 1.165) is 5.69 Å². The van der Waals surface area contributed by atoms with Gasteiger partial charge in [-0.15, -0.1) is 0 Å². The lowest BCUT2D eigenvalue weighted by atomic mass is 10.1. The number of nitrogens with zero attached hydrogens (tertiary/aromatic N) is 2. The summed E-state index contributed by atoms with van der Waals surface area (Å²) in [6.07, 6.45) is 1.80. The lowest BCUT2D eigenvalue weighted by Crippen LogP contribution is -2.26. The molecule has 1 N–H and O–H groups in total. The Hall–Kier alpha value is -2.30. The van der Waals surface area contributed by atoms with Gasteiger partial charge < -0.3 is 5.32 Å². The van der Waals surface area contributed by atoms with E-state index in [1.54, 1.807) is 31.2 Å².